The summed E-state index contributed by atoms with van der Waals surface area (Å²) in [4.78, 5) is 30.1. The number of para-hydroxylation sites is 1. The third-order valence-corrected chi connectivity index (χ3v) is 4.79. The first kappa shape index (κ1) is 19.4. The highest BCUT2D eigenvalue weighted by Gasteiger charge is 2.19. The molecule has 2 amide bonds. The van der Waals surface area contributed by atoms with E-state index >= 15 is 0 Å². The number of carbonyl (C=O) groups excluding carboxylic acids is 2. The second kappa shape index (κ2) is 8.61. The van der Waals surface area contributed by atoms with Crippen molar-refractivity contribution in [3.05, 3.63) is 90.4 Å². The molecule has 2 N–H and O–H groups in total. The lowest BCUT2D eigenvalue weighted by Crippen LogP contribution is -2.44. The average Bonchev–Trinajstić information content (AvgIpc) is 3.31. The normalized spacial score (nSPS) is 11.8. The fourth-order valence-electron chi connectivity index (χ4n) is 3.20. The van der Waals surface area contributed by atoms with E-state index in [1.165, 1.54) is 0 Å². The molecule has 0 fully saturated rings. The smallest absolute Gasteiger partial charge is 0.252 e. The number of nitrogens with one attached hydrogen (secondary N) is 2. The largest absolute Gasteiger partial charge is 0.467 e. The molecule has 4 rings (SSSR count). The van der Waals surface area contributed by atoms with Crippen LogP contribution < -0.4 is 10.6 Å². The Kier molecular flexibility index (Phi) is 5.57. The van der Waals surface area contributed by atoms with Gasteiger partial charge in [-0.05, 0) is 31.2 Å². The molecule has 6 heteroatoms. The predicted molar refractivity (Wildman–Crippen MR) is 115 cm³/mol. The maximum absolute atomic E-state index is 13.1. The summed E-state index contributed by atoms with van der Waals surface area (Å²) in [6.45, 7) is 1.92. The van der Waals surface area contributed by atoms with E-state index in [2.05, 4.69) is 10.6 Å². The molecule has 2 aromatic carbocycles. The van der Waals surface area contributed by atoms with Gasteiger partial charge in [0.1, 0.15) is 11.8 Å². The summed E-state index contributed by atoms with van der Waals surface area (Å²) in [6, 6.07) is 21.7. The number of hydrogen-bond acceptors (Lipinski definition) is 4. The lowest BCUT2D eigenvalue weighted by atomic mass is 10.0. The minimum atomic E-state index is -0.709. The maximum Gasteiger partial charge on any atom is 0.252 e. The lowest BCUT2D eigenvalue weighted by Gasteiger charge is -2.15. The molecule has 0 aliphatic heterocycles. The minimum Gasteiger partial charge on any atom is -0.467 e. The number of nitrogens with zero attached hydrogens (tertiary/aromatic N) is 1. The first-order valence-corrected chi connectivity index (χ1v) is 9.68. The van der Waals surface area contributed by atoms with Gasteiger partial charge in [0.15, 0.2) is 0 Å². The van der Waals surface area contributed by atoms with Crippen LogP contribution in [-0.2, 0) is 11.3 Å². The van der Waals surface area contributed by atoms with Crippen LogP contribution >= 0.6 is 0 Å². The Labute approximate surface area is 173 Å². The van der Waals surface area contributed by atoms with Gasteiger partial charge in [-0.15, -0.1) is 0 Å². The molecule has 0 saturated carbocycles. The Hall–Kier alpha value is -3.93. The molecule has 0 radical (unpaired) electrons. The highest BCUT2D eigenvalue weighted by molar-refractivity contribution is 6.08. The number of rotatable bonds is 6. The summed E-state index contributed by atoms with van der Waals surface area (Å²) in [5, 5.41) is 6.28. The SMILES string of the molecule is CC(NC(=O)c1cc(-c2ccccc2)nc2ccccc12)C(=O)NCc1ccco1. The van der Waals surface area contributed by atoms with E-state index in [0.717, 1.165) is 16.5 Å². The predicted octanol–water partition coefficient (Wildman–Crippen LogP) is 3.93. The fraction of sp³-hybridized carbons (Fsp3) is 0.125. The van der Waals surface area contributed by atoms with Gasteiger partial charge in [-0.25, -0.2) is 4.98 Å². The highest BCUT2D eigenvalue weighted by atomic mass is 16.3. The number of benzene rings is 2. The van der Waals surface area contributed by atoms with Crippen LogP contribution in [0.4, 0.5) is 0 Å². The van der Waals surface area contributed by atoms with E-state index in [-0.39, 0.29) is 18.4 Å². The summed E-state index contributed by atoms with van der Waals surface area (Å²) in [7, 11) is 0. The summed E-state index contributed by atoms with van der Waals surface area (Å²) in [5.74, 6) is 0.0299. The molecule has 0 aliphatic carbocycles. The molecule has 6 nitrogen and oxygen atoms in total. The Morgan fingerprint density at radius 2 is 1.77 bits per heavy atom. The second-order valence-corrected chi connectivity index (χ2v) is 6.93. The zero-order chi connectivity index (χ0) is 20.9. The maximum atomic E-state index is 13.1. The monoisotopic (exact) mass is 399 g/mol. The summed E-state index contributed by atoms with van der Waals surface area (Å²) in [5.41, 5.74) is 2.82. The van der Waals surface area contributed by atoms with E-state index < -0.39 is 6.04 Å². The molecule has 0 saturated heterocycles. The molecular formula is C24H21N3O3. The molecule has 1 atom stereocenters. The van der Waals surface area contributed by atoms with Crippen molar-refractivity contribution in [2.75, 3.05) is 0 Å². The molecule has 1 unspecified atom stereocenters. The standard InChI is InChI=1S/C24H21N3O3/c1-16(23(28)25-15-18-10-7-13-30-18)26-24(29)20-14-22(17-8-3-2-4-9-17)27-21-12-6-5-11-19(20)21/h2-14,16H,15H2,1H3,(H,25,28)(H,26,29). The van der Waals surface area contributed by atoms with Crippen molar-refractivity contribution >= 4 is 22.7 Å². The van der Waals surface area contributed by atoms with Crippen LogP contribution in [0, 0.1) is 0 Å². The number of furan rings is 1. The number of aromatic nitrogens is 1. The van der Waals surface area contributed by atoms with E-state index in [4.69, 9.17) is 9.40 Å². The van der Waals surface area contributed by atoms with Crippen LogP contribution in [0.15, 0.2) is 83.5 Å². The van der Waals surface area contributed by atoms with Crippen LogP contribution in [0.25, 0.3) is 22.2 Å². The number of fused-ring (bicyclic) bond motifs is 1. The topological polar surface area (TPSA) is 84.2 Å². The first-order chi connectivity index (χ1) is 14.6. The van der Waals surface area contributed by atoms with Gasteiger partial charge in [0.2, 0.25) is 5.91 Å². The Morgan fingerprint density at radius 1 is 1.00 bits per heavy atom. The number of pyridine rings is 1. The van der Waals surface area contributed by atoms with Gasteiger partial charge < -0.3 is 15.1 Å². The first-order valence-electron chi connectivity index (χ1n) is 9.68. The van der Waals surface area contributed by atoms with Crippen LogP contribution in [0.5, 0.6) is 0 Å². The van der Waals surface area contributed by atoms with Crippen molar-refractivity contribution in [3.63, 3.8) is 0 Å². The molecule has 150 valence electrons. The van der Waals surface area contributed by atoms with E-state index in [1.54, 1.807) is 31.4 Å². The third-order valence-electron chi connectivity index (χ3n) is 4.79. The van der Waals surface area contributed by atoms with Gasteiger partial charge >= 0.3 is 0 Å². The van der Waals surface area contributed by atoms with Crippen LogP contribution in [-0.4, -0.2) is 22.8 Å². The van der Waals surface area contributed by atoms with Crippen molar-refractivity contribution in [1.82, 2.24) is 15.6 Å². The van der Waals surface area contributed by atoms with Gasteiger partial charge in [0.25, 0.3) is 5.91 Å². The summed E-state index contributed by atoms with van der Waals surface area (Å²) >= 11 is 0. The van der Waals surface area contributed by atoms with Crippen molar-refractivity contribution in [2.24, 2.45) is 0 Å². The minimum absolute atomic E-state index is 0.266. The van der Waals surface area contributed by atoms with Gasteiger partial charge in [0.05, 0.1) is 29.6 Å². The van der Waals surface area contributed by atoms with E-state index in [9.17, 15) is 9.59 Å². The van der Waals surface area contributed by atoms with Crippen molar-refractivity contribution in [2.45, 2.75) is 19.5 Å². The number of hydrogen-bond donors (Lipinski definition) is 2. The highest BCUT2D eigenvalue weighted by Crippen LogP contribution is 2.24. The van der Waals surface area contributed by atoms with Crippen molar-refractivity contribution < 1.29 is 14.0 Å². The molecule has 2 aromatic heterocycles. The number of carbonyl (C=O) groups is 2. The number of amides is 2. The van der Waals surface area contributed by atoms with Crippen LogP contribution in [0.2, 0.25) is 0 Å². The Balaban J connectivity index is 1.56. The van der Waals surface area contributed by atoms with Gasteiger partial charge in [-0.1, -0.05) is 48.5 Å². The molecular weight excluding hydrogens is 378 g/mol. The Bertz CT molecular complexity index is 1170. The average molecular weight is 399 g/mol. The Morgan fingerprint density at radius 3 is 2.53 bits per heavy atom. The molecule has 0 aliphatic rings. The van der Waals surface area contributed by atoms with Crippen LogP contribution in [0.1, 0.15) is 23.0 Å². The van der Waals surface area contributed by atoms with Crippen LogP contribution in [0.3, 0.4) is 0 Å². The molecule has 2 heterocycles. The van der Waals surface area contributed by atoms with Gasteiger partial charge in [-0.2, -0.15) is 0 Å². The summed E-state index contributed by atoms with van der Waals surface area (Å²) < 4.78 is 5.21. The molecule has 30 heavy (non-hydrogen) atoms. The van der Waals surface area contributed by atoms with Crippen molar-refractivity contribution in [3.8, 4) is 11.3 Å². The van der Waals surface area contributed by atoms with E-state index in [1.807, 2.05) is 54.6 Å². The third kappa shape index (κ3) is 4.22. The zero-order valence-corrected chi connectivity index (χ0v) is 16.5. The quantitative estimate of drug-likeness (QED) is 0.515. The van der Waals surface area contributed by atoms with Gasteiger partial charge in [0, 0.05) is 10.9 Å². The molecule has 4 aromatic rings. The van der Waals surface area contributed by atoms with Gasteiger partial charge in [-0.3, -0.25) is 9.59 Å². The lowest BCUT2D eigenvalue weighted by molar-refractivity contribution is -0.122. The molecule has 0 spiro atoms. The fourth-order valence-corrected chi connectivity index (χ4v) is 3.20. The van der Waals surface area contributed by atoms with Crippen molar-refractivity contribution in [1.29, 1.82) is 0 Å². The zero-order valence-electron chi connectivity index (χ0n) is 16.5. The summed E-state index contributed by atoms with van der Waals surface area (Å²) in [6.07, 6.45) is 1.55. The molecule has 0 bridgehead atoms. The second-order valence-electron chi connectivity index (χ2n) is 6.93. The van der Waals surface area contributed by atoms with E-state index in [0.29, 0.717) is 17.0 Å².